The number of halogens is 2. The molecule has 0 bridgehead atoms. The van der Waals surface area contributed by atoms with Crippen molar-refractivity contribution in [1.82, 2.24) is 9.97 Å². The number of anilines is 1. The highest BCUT2D eigenvalue weighted by molar-refractivity contribution is 7.98. The number of carbonyl (C=O) groups is 1. The van der Waals surface area contributed by atoms with Crippen molar-refractivity contribution in [3.05, 3.63) is 51.4 Å². The van der Waals surface area contributed by atoms with Gasteiger partial charge in [0.15, 0.2) is 16.8 Å². The summed E-state index contributed by atoms with van der Waals surface area (Å²) in [5.74, 6) is -2.30. The van der Waals surface area contributed by atoms with Gasteiger partial charge in [-0.3, -0.25) is 9.59 Å². The number of aromatic amines is 1. The van der Waals surface area contributed by atoms with Gasteiger partial charge in [0, 0.05) is 36.5 Å². The fraction of sp³-hybridized carbons (Fsp3) is 0.312. The molecule has 0 saturated heterocycles. The summed E-state index contributed by atoms with van der Waals surface area (Å²) in [7, 11) is 1.47. The Morgan fingerprint density at radius 2 is 2.04 bits per heavy atom. The van der Waals surface area contributed by atoms with Crippen LogP contribution in [-0.2, 0) is 11.2 Å². The highest BCUT2D eigenvalue weighted by Crippen LogP contribution is 2.18. The van der Waals surface area contributed by atoms with Crippen LogP contribution in [0.1, 0.15) is 17.7 Å². The van der Waals surface area contributed by atoms with Crippen LogP contribution < -0.4 is 10.5 Å². The van der Waals surface area contributed by atoms with E-state index < -0.39 is 11.6 Å². The molecule has 0 fully saturated rings. The Morgan fingerprint density at radius 1 is 1.33 bits per heavy atom. The smallest absolute Gasteiger partial charge is 0.254 e. The molecule has 24 heavy (non-hydrogen) atoms. The molecule has 1 aromatic carbocycles. The molecule has 0 radical (unpaired) electrons. The predicted molar refractivity (Wildman–Crippen MR) is 89.5 cm³/mol. The van der Waals surface area contributed by atoms with Crippen molar-refractivity contribution in [2.45, 2.75) is 24.9 Å². The number of hydrogen-bond acceptors (Lipinski definition) is 4. The number of aromatic nitrogens is 2. The second-order valence-electron chi connectivity index (χ2n) is 5.19. The van der Waals surface area contributed by atoms with Gasteiger partial charge in [0.05, 0.1) is 0 Å². The topological polar surface area (TPSA) is 66.1 Å². The Bertz CT molecular complexity index is 823. The van der Waals surface area contributed by atoms with Crippen molar-refractivity contribution >= 4 is 23.4 Å². The molecule has 0 atom stereocenters. The van der Waals surface area contributed by atoms with Gasteiger partial charge in [-0.15, -0.1) is 0 Å². The first-order chi connectivity index (χ1) is 11.3. The van der Waals surface area contributed by atoms with E-state index in [4.69, 9.17) is 0 Å². The Morgan fingerprint density at radius 3 is 2.62 bits per heavy atom. The third kappa shape index (κ3) is 4.00. The number of rotatable bonds is 5. The lowest BCUT2D eigenvalue weighted by atomic mass is 10.1. The summed E-state index contributed by atoms with van der Waals surface area (Å²) in [5.41, 5.74) is 1.00. The van der Waals surface area contributed by atoms with Gasteiger partial charge in [-0.1, -0.05) is 11.8 Å². The summed E-state index contributed by atoms with van der Waals surface area (Å²) in [5, 5.41) is 0.520. The van der Waals surface area contributed by atoms with Crippen LogP contribution in [-0.4, -0.2) is 29.2 Å². The van der Waals surface area contributed by atoms with E-state index in [2.05, 4.69) is 9.97 Å². The van der Waals surface area contributed by atoms with Crippen LogP contribution in [0.3, 0.4) is 0 Å². The highest BCUT2D eigenvalue weighted by Gasteiger charge is 2.15. The van der Waals surface area contributed by atoms with Gasteiger partial charge in [-0.25, -0.2) is 13.8 Å². The summed E-state index contributed by atoms with van der Waals surface area (Å²) in [6, 6.07) is 3.25. The first-order valence-corrected chi connectivity index (χ1v) is 8.41. The zero-order chi connectivity index (χ0) is 17.9. The molecular weight excluding hydrogens is 336 g/mol. The molecule has 1 N–H and O–H groups in total. The Hall–Kier alpha value is -2.22. The molecular formula is C16H17F2N3O2S. The number of carbonyl (C=O) groups excluding carboxylic acids is 1. The number of nitrogens with zero attached hydrogens (tertiary/aromatic N) is 2. The van der Waals surface area contributed by atoms with Crippen LogP contribution in [0.15, 0.2) is 28.2 Å². The van der Waals surface area contributed by atoms with E-state index in [1.807, 2.05) is 0 Å². The summed E-state index contributed by atoms with van der Waals surface area (Å²) < 4.78 is 26.2. The quantitative estimate of drug-likeness (QED) is 0.663. The molecule has 2 rings (SSSR count). The third-order valence-electron chi connectivity index (χ3n) is 3.65. The molecule has 0 spiro atoms. The molecule has 2 aromatic rings. The highest BCUT2D eigenvalue weighted by atomic mass is 32.2. The zero-order valence-electron chi connectivity index (χ0n) is 13.5. The lowest BCUT2D eigenvalue weighted by Gasteiger charge is -2.17. The van der Waals surface area contributed by atoms with Crippen molar-refractivity contribution in [2.75, 3.05) is 18.2 Å². The van der Waals surface area contributed by atoms with Gasteiger partial charge >= 0.3 is 0 Å². The first-order valence-electron chi connectivity index (χ1n) is 7.19. The second-order valence-corrected chi connectivity index (χ2v) is 5.99. The van der Waals surface area contributed by atoms with E-state index in [9.17, 15) is 18.4 Å². The first kappa shape index (κ1) is 18.1. The minimum Gasteiger partial charge on any atom is -0.315 e. The fourth-order valence-corrected chi connectivity index (χ4v) is 2.64. The molecule has 0 aliphatic carbocycles. The molecule has 128 valence electrons. The number of amides is 1. The van der Waals surface area contributed by atoms with Crippen LogP contribution in [0.25, 0.3) is 0 Å². The Labute approximate surface area is 142 Å². The SMILES string of the molecule is CSc1nc(C)c(CCC(=O)N(C)c2ccc(F)c(F)c2)c(=O)[nH]1. The minimum absolute atomic E-state index is 0.0553. The van der Waals surface area contributed by atoms with Gasteiger partial charge in [0.1, 0.15) is 0 Å². The molecule has 1 heterocycles. The van der Waals surface area contributed by atoms with Crippen LogP contribution in [0.4, 0.5) is 14.5 Å². The van der Waals surface area contributed by atoms with Gasteiger partial charge < -0.3 is 9.88 Å². The lowest BCUT2D eigenvalue weighted by Crippen LogP contribution is -2.28. The molecule has 0 aliphatic heterocycles. The maximum absolute atomic E-state index is 13.3. The van der Waals surface area contributed by atoms with Crippen LogP contribution in [0, 0.1) is 18.6 Å². The standard InChI is InChI=1S/C16H17F2N3O2S/c1-9-11(15(23)20-16(19-9)24-3)5-7-14(22)21(2)10-4-6-12(17)13(18)8-10/h4,6,8H,5,7H2,1-3H3,(H,19,20,23). The molecule has 1 aromatic heterocycles. The second kappa shape index (κ2) is 7.57. The van der Waals surface area contributed by atoms with E-state index in [0.717, 1.165) is 12.1 Å². The van der Waals surface area contributed by atoms with E-state index >= 15 is 0 Å². The molecule has 0 aliphatic rings. The van der Waals surface area contributed by atoms with Crippen molar-refractivity contribution in [2.24, 2.45) is 0 Å². The summed E-state index contributed by atoms with van der Waals surface area (Å²) in [6.45, 7) is 1.72. The molecule has 1 amide bonds. The van der Waals surface area contributed by atoms with Crippen molar-refractivity contribution < 1.29 is 13.6 Å². The van der Waals surface area contributed by atoms with Crippen LogP contribution in [0.5, 0.6) is 0 Å². The summed E-state index contributed by atoms with van der Waals surface area (Å²) >= 11 is 1.33. The lowest BCUT2D eigenvalue weighted by molar-refractivity contribution is -0.118. The molecule has 8 heteroatoms. The van der Waals surface area contributed by atoms with Crippen LogP contribution >= 0.6 is 11.8 Å². The fourth-order valence-electron chi connectivity index (χ4n) is 2.21. The number of H-pyrrole nitrogens is 1. The monoisotopic (exact) mass is 353 g/mol. The molecule has 5 nitrogen and oxygen atoms in total. The molecule has 0 saturated carbocycles. The van der Waals surface area contributed by atoms with Gasteiger partial charge in [-0.05, 0) is 31.7 Å². The van der Waals surface area contributed by atoms with Gasteiger partial charge in [-0.2, -0.15) is 0 Å². The maximum atomic E-state index is 13.3. The van der Waals surface area contributed by atoms with Crippen molar-refractivity contribution in [3.63, 3.8) is 0 Å². The summed E-state index contributed by atoms with van der Waals surface area (Å²) in [6.07, 6.45) is 2.08. The van der Waals surface area contributed by atoms with E-state index in [-0.39, 0.29) is 30.0 Å². The molecule has 0 unspecified atom stereocenters. The number of aryl methyl sites for hydroxylation is 1. The Kier molecular flexibility index (Phi) is 5.71. The van der Waals surface area contributed by atoms with Gasteiger partial charge in [0.2, 0.25) is 5.91 Å². The average Bonchev–Trinajstić information content (AvgIpc) is 2.55. The van der Waals surface area contributed by atoms with Crippen LogP contribution in [0.2, 0.25) is 0 Å². The zero-order valence-corrected chi connectivity index (χ0v) is 14.3. The predicted octanol–water partition coefficient (Wildman–Crippen LogP) is 2.67. The number of thioether (sulfide) groups is 1. The summed E-state index contributed by atoms with van der Waals surface area (Å²) in [4.78, 5) is 32.4. The van der Waals surface area contributed by atoms with Crippen molar-refractivity contribution in [1.29, 1.82) is 0 Å². The minimum atomic E-state index is -1.02. The van der Waals surface area contributed by atoms with E-state index in [1.165, 1.54) is 29.8 Å². The largest absolute Gasteiger partial charge is 0.315 e. The number of hydrogen-bond donors (Lipinski definition) is 1. The Balaban J connectivity index is 2.10. The van der Waals surface area contributed by atoms with E-state index in [1.54, 1.807) is 13.2 Å². The normalized spacial score (nSPS) is 10.7. The number of benzene rings is 1. The van der Waals surface area contributed by atoms with Gasteiger partial charge in [0.25, 0.3) is 5.56 Å². The number of nitrogens with one attached hydrogen (secondary N) is 1. The average molecular weight is 353 g/mol. The maximum Gasteiger partial charge on any atom is 0.254 e. The van der Waals surface area contributed by atoms with E-state index in [0.29, 0.717) is 16.4 Å². The van der Waals surface area contributed by atoms with Crippen molar-refractivity contribution in [3.8, 4) is 0 Å². The third-order valence-corrected chi connectivity index (χ3v) is 4.23.